The van der Waals surface area contributed by atoms with Crippen molar-refractivity contribution in [1.82, 2.24) is 10.6 Å². The Bertz CT molecular complexity index is 330. The summed E-state index contributed by atoms with van der Waals surface area (Å²) in [5, 5.41) is 13.9. The van der Waals surface area contributed by atoms with Crippen molar-refractivity contribution in [2.24, 2.45) is 0 Å². The van der Waals surface area contributed by atoms with Crippen molar-refractivity contribution < 1.29 is 14.6 Å². The van der Waals surface area contributed by atoms with Crippen LogP contribution in [-0.2, 0) is 0 Å². The highest BCUT2D eigenvalue weighted by Crippen LogP contribution is 2.06. The molecule has 5 heteroatoms. The first kappa shape index (κ1) is 14.3. The van der Waals surface area contributed by atoms with E-state index in [-0.39, 0.29) is 19.4 Å². The van der Waals surface area contributed by atoms with Crippen molar-refractivity contribution >= 4 is 6.03 Å². The lowest BCUT2D eigenvalue weighted by Gasteiger charge is -2.09. The van der Waals surface area contributed by atoms with Crippen LogP contribution >= 0.6 is 0 Å². The zero-order chi connectivity index (χ0) is 13.1. The summed E-state index contributed by atoms with van der Waals surface area (Å²) in [5.74, 6) is 0.723. The van der Waals surface area contributed by atoms with Gasteiger partial charge in [-0.1, -0.05) is 18.2 Å². The van der Waals surface area contributed by atoms with Crippen LogP contribution in [0.4, 0.5) is 4.79 Å². The number of aliphatic hydroxyl groups is 1. The van der Waals surface area contributed by atoms with Crippen LogP contribution in [0.3, 0.4) is 0 Å². The average Bonchev–Trinajstić information content (AvgIpc) is 2.40. The van der Waals surface area contributed by atoms with Gasteiger partial charge in [0, 0.05) is 13.2 Å². The molecule has 1 rings (SSSR count). The number of nitrogens with one attached hydrogen (secondary N) is 2. The van der Waals surface area contributed by atoms with Crippen molar-refractivity contribution in [2.45, 2.75) is 19.3 Å². The molecule has 1 aromatic carbocycles. The summed E-state index contributed by atoms with van der Waals surface area (Å²) in [6.45, 7) is 0.959. The predicted octanol–water partition coefficient (Wildman–Crippen LogP) is 1.48. The second-order valence-corrected chi connectivity index (χ2v) is 3.82. The fourth-order valence-corrected chi connectivity index (χ4v) is 1.38. The topological polar surface area (TPSA) is 70.6 Å². The van der Waals surface area contributed by atoms with Crippen molar-refractivity contribution in [1.29, 1.82) is 0 Å². The predicted molar refractivity (Wildman–Crippen MR) is 69.4 cm³/mol. The fourth-order valence-electron chi connectivity index (χ4n) is 1.38. The van der Waals surface area contributed by atoms with Gasteiger partial charge in [0.25, 0.3) is 0 Å². The van der Waals surface area contributed by atoms with E-state index >= 15 is 0 Å². The van der Waals surface area contributed by atoms with Gasteiger partial charge in [0.05, 0.1) is 0 Å². The van der Waals surface area contributed by atoms with Gasteiger partial charge in [0.15, 0.2) is 6.73 Å². The third-order valence-corrected chi connectivity index (χ3v) is 2.34. The van der Waals surface area contributed by atoms with Crippen molar-refractivity contribution in [3.8, 4) is 5.75 Å². The van der Waals surface area contributed by atoms with Gasteiger partial charge >= 0.3 is 6.03 Å². The number of hydrogen-bond acceptors (Lipinski definition) is 3. The van der Waals surface area contributed by atoms with E-state index in [2.05, 4.69) is 10.6 Å². The van der Waals surface area contributed by atoms with Crippen molar-refractivity contribution in [3.05, 3.63) is 30.3 Å². The summed E-state index contributed by atoms with van der Waals surface area (Å²) >= 11 is 0. The minimum Gasteiger partial charge on any atom is -0.473 e. The molecule has 0 spiro atoms. The van der Waals surface area contributed by atoms with E-state index in [0.29, 0.717) is 6.54 Å². The van der Waals surface area contributed by atoms with Gasteiger partial charge in [-0.3, -0.25) is 0 Å². The van der Waals surface area contributed by atoms with E-state index in [4.69, 9.17) is 9.84 Å². The lowest BCUT2D eigenvalue weighted by molar-refractivity contribution is 0.223. The molecule has 18 heavy (non-hydrogen) atoms. The highest BCUT2D eigenvalue weighted by Gasteiger charge is 1.98. The van der Waals surface area contributed by atoms with Crippen LogP contribution in [0, 0.1) is 0 Å². The molecule has 0 atom stereocenters. The molecule has 0 saturated carbocycles. The summed E-state index contributed by atoms with van der Waals surface area (Å²) in [6, 6.07) is 9.06. The minimum atomic E-state index is -0.241. The summed E-state index contributed by atoms with van der Waals surface area (Å²) in [7, 11) is 0. The summed E-state index contributed by atoms with van der Waals surface area (Å²) in [6.07, 6.45) is 2.56. The van der Waals surface area contributed by atoms with Gasteiger partial charge in [0.2, 0.25) is 0 Å². The maximum atomic E-state index is 11.3. The quantitative estimate of drug-likeness (QED) is 0.485. The summed E-state index contributed by atoms with van der Waals surface area (Å²) in [4.78, 5) is 11.3. The molecule has 0 aliphatic heterocycles. The molecule has 0 heterocycles. The first-order valence-electron chi connectivity index (χ1n) is 6.13. The van der Waals surface area contributed by atoms with Crippen LogP contribution < -0.4 is 15.4 Å². The Labute approximate surface area is 107 Å². The number of para-hydroxylation sites is 1. The number of unbranched alkanes of at least 4 members (excludes halogenated alkanes) is 2. The van der Waals surface area contributed by atoms with Crippen LogP contribution in [0.2, 0.25) is 0 Å². The van der Waals surface area contributed by atoms with E-state index in [1.807, 2.05) is 30.3 Å². The summed E-state index contributed by atoms with van der Waals surface area (Å²) < 4.78 is 5.32. The second kappa shape index (κ2) is 9.30. The van der Waals surface area contributed by atoms with E-state index < -0.39 is 0 Å². The third kappa shape index (κ3) is 6.75. The van der Waals surface area contributed by atoms with Gasteiger partial charge in [0.1, 0.15) is 5.75 Å². The molecular formula is C13H20N2O3. The Morgan fingerprint density at radius 1 is 1.11 bits per heavy atom. The first-order chi connectivity index (χ1) is 8.83. The molecule has 0 radical (unpaired) electrons. The molecule has 0 aliphatic rings. The third-order valence-electron chi connectivity index (χ3n) is 2.34. The lowest BCUT2D eigenvalue weighted by Crippen LogP contribution is -2.38. The molecule has 5 nitrogen and oxygen atoms in total. The van der Waals surface area contributed by atoms with E-state index in [1.165, 1.54) is 0 Å². The van der Waals surface area contributed by atoms with E-state index in [1.54, 1.807) is 0 Å². The zero-order valence-electron chi connectivity index (χ0n) is 10.4. The smallest absolute Gasteiger partial charge is 0.317 e. The maximum absolute atomic E-state index is 11.3. The standard InChI is InChI=1S/C13H20N2O3/c16-10-6-2-5-9-14-13(17)15-11-18-12-7-3-1-4-8-12/h1,3-4,7-8,16H,2,5-6,9-11H2,(H2,14,15,17). The van der Waals surface area contributed by atoms with Crippen LogP contribution in [-0.4, -0.2) is 31.0 Å². The highest BCUT2D eigenvalue weighted by atomic mass is 16.5. The normalized spacial score (nSPS) is 9.83. The van der Waals surface area contributed by atoms with Crippen LogP contribution in [0.15, 0.2) is 30.3 Å². The van der Waals surface area contributed by atoms with E-state index in [0.717, 1.165) is 25.0 Å². The molecule has 1 aromatic rings. The highest BCUT2D eigenvalue weighted by molar-refractivity contribution is 5.73. The number of aliphatic hydroxyl groups excluding tert-OH is 1. The van der Waals surface area contributed by atoms with E-state index in [9.17, 15) is 4.79 Å². The van der Waals surface area contributed by atoms with Gasteiger partial charge in [-0.25, -0.2) is 4.79 Å². The second-order valence-electron chi connectivity index (χ2n) is 3.82. The average molecular weight is 252 g/mol. The number of carbonyl (C=O) groups is 1. The van der Waals surface area contributed by atoms with Crippen molar-refractivity contribution in [2.75, 3.05) is 19.9 Å². The van der Waals surface area contributed by atoms with Gasteiger partial charge in [-0.15, -0.1) is 0 Å². The number of benzene rings is 1. The Kier molecular flexibility index (Phi) is 7.39. The number of rotatable bonds is 8. The minimum absolute atomic E-state index is 0.145. The van der Waals surface area contributed by atoms with Crippen LogP contribution in [0.25, 0.3) is 0 Å². The zero-order valence-corrected chi connectivity index (χ0v) is 10.4. The monoisotopic (exact) mass is 252 g/mol. The maximum Gasteiger partial charge on any atom is 0.317 e. The molecular weight excluding hydrogens is 232 g/mol. The molecule has 0 aliphatic carbocycles. The van der Waals surface area contributed by atoms with Crippen molar-refractivity contribution in [3.63, 3.8) is 0 Å². The summed E-state index contributed by atoms with van der Waals surface area (Å²) in [5.41, 5.74) is 0. The molecule has 0 bridgehead atoms. The largest absolute Gasteiger partial charge is 0.473 e. The van der Waals surface area contributed by atoms with Crippen LogP contribution in [0.5, 0.6) is 5.75 Å². The Morgan fingerprint density at radius 2 is 1.89 bits per heavy atom. The molecule has 0 unspecified atom stereocenters. The number of amides is 2. The van der Waals surface area contributed by atoms with Crippen LogP contribution in [0.1, 0.15) is 19.3 Å². The molecule has 2 amide bonds. The molecule has 0 fully saturated rings. The SMILES string of the molecule is O=C(NCCCCCO)NCOc1ccccc1. The fraction of sp³-hybridized carbons (Fsp3) is 0.462. The Hall–Kier alpha value is -1.75. The first-order valence-corrected chi connectivity index (χ1v) is 6.13. The molecule has 3 N–H and O–H groups in total. The Morgan fingerprint density at radius 3 is 2.61 bits per heavy atom. The molecule has 0 saturated heterocycles. The lowest BCUT2D eigenvalue weighted by atomic mass is 10.2. The number of hydrogen-bond donors (Lipinski definition) is 3. The van der Waals surface area contributed by atoms with Gasteiger partial charge in [-0.05, 0) is 31.4 Å². The number of urea groups is 1. The van der Waals surface area contributed by atoms with Gasteiger partial charge in [-0.2, -0.15) is 0 Å². The van der Waals surface area contributed by atoms with Gasteiger partial charge < -0.3 is 20.5 Å². The Balaban J connectivity index is 2.00. The number of ether oxygens (including phenoxy) is 1. The molecule has 0 aromatic heterocycles. The molecule has 100 valence electrons. The number of carbonyl (C=O) groups excluding carboxylic acids is 1.